The van der Waals surface area contributed by atoms with E-state index < -0.39 is 0 Å². The predicted molar refractivity (Wildman–Crippen MR) is 119 cm³/mol. The van der Waals surface area contributed by atoms with Crippen molar-refractivity contribution in [3.05, 3.63) is 59.2 Å². The molecule has 5 nitrogen and oxygen atoms in total. The Kier molecular flexibility index (Phi) is 5.12. The van der Waals surface area contributed by atoms with E-state index in [0.29, 0.717) is 48.5 Å². The summed E-state index contributed by atoms with van der Waals surface area (Å²) in [4.78, 5) is 42.6. The van der Waals surface area contributed by atoms with Gasteiger partial charge in [-0.1, -0.05) is 37.3 Å². The van der Waals surface area contributed by atoms with Crippen LogP contribution in [0.1, 0.15) is 58.9 Å². The molecule has 2 amide bonds. The Labute approximate surface area is 183 Å². The molecule has 2 fully saturated rings. The molecule has 0 spiro atoms. The second-order valence-corrected chi connectivity index (χ2v) is 9.21. The number of benzene rings is 2. The summed E-state index contributed by atoms with van der Waals surface area (Å²) in [6, 6.07) is 13.0. The van der Waals surface area contributed by atoms with Crippen LogP contribution in [0.15, 0.2) is 42.5 Å². The number of ketones is 1. The summed E-state index contributed by atoms with van der Waals surface area (Å²) in [6.07, 6.45) is 3.60. The van der Waals surface area contributed by atoms with Crippen LogP contribution in [-0.4, -0.2) is 53.6 Å². The van der Waals surface area contributed by atoms with Gasteiger partial charge in [-0.2, -0.15) is 0 Å². The molecule has 160 valence electrons. The molecule has 5 rings (SSSR count). The standard InChI is InChI=1S/C26H28N2O3/c1-17-8-12-27(13-9-17)25(30)18-10-14-28(15-11-18)26(31)19-6-7-21-20-4-2-3-5-22(20)24(29)23(21)16-19/h2-7,16-18H,8-15H2,1H3. The summed E-state index contributed by atoms with van der Waals surface area (Å²) in [5.41, 5.74) is 3.70. The average molecular weight is 417 g/mol. The summed E-state index contributed by atoms with van der Waals surface area (Å²) in [5.74, 6) is 0.925. The number of hydrogen-bond donors (Lipinski definition) is 0. The number of piperidine rings is 2. The van der Waals surface area contributed by atoms with Gasteiger partial charge in [-0.15, -0.1) is 0 Å². The topological polar surface area (TPSA) is 57.7 Å². The fourth-order valence-electron chi connectivity index (χ4n) is 5.16. The van der Waals surface area contributed by atoms with E-state index in [4.69, 9.17) is 0 Å². The number of amides is 2. The lowest BCUT2D eigenvalue weighted by molar-refractivity contribution is -0.138. The molecular formula is C26H28N2O3. The van der Waals surface area contributed by atoms with Crippen LogP contribution in [0.5, 0.6) is 0 Å². The fourth-order valence-corrected chi connectivity index (χ4v) is 5.16. The van der Waals surface area contributed by atoms with E-state index in [1.165, 1.54) is 0 Å². The van der Waals surface area contributed by atoms with Gasteiger partial charge in [0, 0.05) is 48.8 Å². The van der Waals surface area contributed by atoms with Gasteiger partial charge in [0.25, 0.3) is 5.91 Å². The molecule has 0 bridgehead atoms. The Morgan fingerprint density at radius 3 is 2.10 bits per heavy atom. The quantitative estimate of drug-likeness (QED) is 0.634. The molecule has 1 aliphatic carbocycles. The summed E-state index contributed by atoms with van der Waals surface area (Å²) in [6.45, 7) is 5.15. The van der Waals surface area contributed by atoms with Crippen LogP contribution in [0.2, 0.25) is 0 Å². The van der Waals surface area contributed by atoms with Crippen molar-refractivity contribution in [2.45, 2.75) is 32.6 Å². The van der Waals surface area contributed by atoms with Crippen LogP contribution < -0.4 is 0 Å². The van der Waals surface area contributed by atoms with Crippen LogP contribution in [0.4, 0.5) is 0 Å². The minimum absolute atomic E-state index is 0.0135. The minimum Gasteiger partial charge on any atom is -0.342 e. The van der Waals surface area contributed by atoms with E-state index in [0.717, 1.165) is 37.1 Å². The Balaban J connectivity index is 1.24. The third kappa shape index (κ3) is 3.56. The maximum absolute atomic E-state index is 13.1. The van der Waals surface area contributed by atoms with Crippen molar-refractivity contribution in [2.24, 2.45) is 11.8 Å². The van der Waals surface area contributed by atoms with Crippen LogP contribution in [0, 0.1) is 11.8 Å². The van der Waals surface area contributed by atoms with Crippen molar-refractivity contribution in [1.29, 1.82) is 0 Å². The zero-order valence-corrected chi connectivity index (χ0v) is 18.0. The van der Waals surface area contributed by atoms with E-state index in [2.05, 4.69) is 6.92 Å². The molecule has 0 aromatic heterocycles. The smallest absolute Gasteiger partial charge is 0.253 e. The number of carbonyl (C=O) groups excluding carboxylic acids is 3. The van der Waals surface area contributed by atoms with E-state index in [1.807, 2.05) is 46.2 Å². The highest BCUT2D eigenvalue weighted by Crippen LogP contribution is 2.37. The molecule has 3 aliphatic rings. The van der Waals surface area contributed by atoms with E-state index in [-0.39, 0.29) is 23.5 Å². The molecule has 5 heteroatoms. The van der Waals surface area contributed by atoms with Gasteiger partial charge in [-0.25, -0.2) is 0 Å². The molecule has 2 saturated heterocycles. The van der Waals surface area contributed by atoms with Gasteiger partial charge in [-0.3, -0.25) is 14.4 Å². The van der Waals surface area contributed by atoms with Gasteiger partial charge in [0.15, 0.2) is 5.78 Å². The third-order valence-electron chi connectivity index (χ3n) is 7.20. The van der Waals surface area contributed by atoms with Gasteiger partial charge < -0.3 is 9.80 Å². The lowest BCUT2D eigenvalue weighted by atomic mass is 9.92. The summed E-state index contributed by atoms with van der Waals surface area (Å²) < 4.78 is 0. The highest BCUT2D eigenvalue weighted by Gasteiger charge is 2.33. The molecule has 2 aliphatic heterocycles. The number of nitrogens with zero attached hydrogens (tertiary/aromatic N) is 2. The lowest BCUT2D eigenvalue weighted by Crippen LogP contribution is -2.46. The Morgan fingerprint density at radius 1 is 0.774 bits per heavy atom. The van der Waals surface area contributed by atoms with Crippen molar-refractivity contribution in [1.82, 2.24) is 9.80 Å². The fraction of sp³-hybridized carbons (Fsp3) is 0.423. The molecule has 0 unspecified atom stereocenters. The van der Waals surface area contributed by atoms with Gasteiger partial charge >= 0.3 is 0 Å². The van der Waals surface area contributed by atoms with Crippen molar-refractivity contribution in [3.8, 4) is 11.1 Å². The van der Waals surface area contributed by atoms with Crippen molar-refractivity contribution < 1.29 is 14.4 Å². The summed E-state index contributed by atoms with van der Waals surface area (Å²) >= 11 is 0. The monoisotopic (exact) mass is 416 g/mol. The van der Waals surface area contributed by atoms with Crippen molar-refractivity contribution >= 4 is 17.6 Å². The molecule has 0 atom stereocenters. The average Bonchev–Trinajstić information content (AvgIpc) is 3.10. The lowest BCUT2D eigenvalue weighted by Gasteiger charge is -2.36. The first-order chi connectivity index (χ1) is 15.0. The minimum atomic E-state index is -0.0516. The zero-order valence-electron chi connectivity index (χ0n) is 18.0. The van der Waals surface area contributed by atoms with Gasteiger partial charge in [0.05, 0.1) is 0 Å². The number of carbonyl (C=O) groups is 3. The molecule has 2 aromatic carbocycles. The number of rotatable bonds is 2. The first kappa shape index (κ1) is 20.0. The number of likely N-dealkylation sites (tertiary alicyclic amines) is 2. The predicted octanol–water partition coefficient (Wildman–Crippen LogP) is 4.01. The van der Waals surface area contributed by atoms with Crippen LogP contribution in [0.3, 0.4) is 0 Å². The largest absolute Gasteiger partial charge is 0.342 e. The van der Waals surface area contributed by atoms with Gasteiger partial charge in [0.2, 0.25) is 5.91 Å². The molecule has 2 heterocycles. The highest BCUT2D eigenvalue weighted by molar-refractivity contribution is 6.22. The van der Waals surface area contributed by atoms with Crippen molar-refractivity contribution in [2.75, 3.05) is 26.2 Å². The normalized spacial score (nSPS) is 19.3. The summed E-state index contributed by atoms with van der Waals surface area (Å²) in [5, 5.41) is 0. The van der Waals surface area contributed by atoms with Gasteiger partial charge in [0.1, 0.15) is 0 Å². The van der Waals surface area contributed by atoms with Gasteiger partial charge in [-0.05, 0) is 54.9 Å². The Bertz CT molecular complexity index is 1040. The highest BCUT2D eigenvalue weighted by atomic mass is 16.2. The van der Waals surface area contributed by atoms with E-state index >= 15 is 0 Å². The number of hydrogen-bond acceptors (Lipinski definition) is 3. The maximum atomic E-state index is 13.1. The van der Waals surface area contributed by atoms with Crippen LogP contribution in [-0.2, 0) is 4.79 Å². The molecule has 31 heavy (non-hydrogen) atoms. The maximum Gasteiger partial charge on any atom is 0.253 e. The molecule has 2 aromatic rings. The Hall–Kier alpha value is -2.95. The van der Waals surface area contributed by atoms with Crippen LogP contribution >= 0.6 is 0 Å². The number of fused-ring (bicyclic) bond motifs is 3. The molecule has 0 saturated carbocycles. The van der Waals surface area contributed by atoms with E-state index in [9.17, 15) is 14.4 Å². The first-order valence-corrected chi connectivity index (χ1v) is 11.4. The third-order valence-corrected chi connectivity index (χ3v) is 7.20. The molecule has 0 radical (unpaired) electrons. The van der Waals surface area contributed by atoms with Crippen molar-refractivity contribution in [3.63, 3.8) is 0 Å². The van der Waals surface area contributed by atoms with E-state index in [1.54, 1.807) is 6.07 Å². The first-order valence-electron chi connectivity index (χ1n) is 11.4. The molecule has 0 N–H and O–H groups in total. The second kappa shape index (κ2) is 7.95. The SMILES string of the molecule is CC1CCN(C(=O)C2CCN(C(=O)c3ccc4c(c3)C(=O)c3ccccc3-4)CC2)CC1. The van der Waals surface area contributed by atoms with Crippen LogP contribution in [0.25, 0.3) is 11.1 Å². The zero-order chi connectivity index (χ0) is 21.5. The Morgan fingerprint density at radius 2 is 1.39 bits per heavy atom. The molecular weight excluding hydrogens is 388 g/mol. The summed E-state index contributed by atoms with van der Waals surface area (Å²) in [7, 11) is 0. The second-order valence-electron chi connectivity index (χ2n) is 9.21.